The fourth-order valence-corrected chi connectivity index (χ4v) is 1.87. The molecule has 0 spiro atoms. The first-order valence-corrected chi connectivity index (χ1v) is 5.44. The van der Waals surface area contributed by atoms with Gasteiger partial charge in [-0.25, -0.2) is 4.98 Å². The van der Waals surface area contributed by atoms with Crippen LogP contribution in [0, 0.1) is 13.8 Å². The third kappa shape index (κ3) is 2.02. The Morgan fingerprint density at radius 1 is 1.12 bits per heavy atom. The third-order valence-electron chi connectivity index (χ3n) is 2.60. The average Bonchev–Trinajstić information content (AvgIpc) is 2.25. The minimum atomic E-state index is 0.534. The molecule has 0 aliphatic heterocycles. The maximum Gasteiger partial charge on any atom is 0.123 e. The van der Waals surface area contributed by atoms with Crippen molar-refractivity contribution in [3.05, 3.63) is 46.6 Å². The van der Waals surface area contributed by atoms with Crippen LogP contribution in [-0.4, -0.2) is 4.98 Å². The number of anilines is 1. The van der Waals surface area contributed by atoms with Crippen LogP contribution in [0.5, 0.6) is 0 Å². The van der Waals surface area contributed by atoms with E-state index in [9.17, 15) is 0 Å². The zero-order valence-electron chi connectivity index (χ0n) is 9.29. The molecule has 82 valence electrons. The fraction of sp³-hybridized carbons (Fsp3) is 0.154. The van der Waals surface area contributed by atoms with Gasteiger partial charge in [0.2, 0.25) is 0 Å². The Hall–Kier alpha value is -1.54. The van der Waals surface area contributed by atoms with Crippen LogP contribution in [0.1, 0.15) is 11.1 Å². The normalized spacial score (nSPS) is 10.4. The molecule has 0 unspecified atom stereocenters. The zero-order chi connectivity index (χ0) is 11.7. The second-order valence-electron chi connectivity index (χ2n) is 3.89. The highest BCUT2D eigenvalue weighted by Gasteiger charge is 2.05. The highest BCUT2D eigenvalue weighted by atomic mass is 35.5. The maximum absolute atomic E-state index is 6.06. The summed E-state index contributed by atoms with van der Waals surface area (Å²) in [6, 6.07) is 7.82. The van der Waals surface area contributed by atoms with Crippen molar-refractivity contribution in [2.24, 2.45) is 0 Å². The molecule has 2 N–H and O–H groups in total. The molecule has 1 aromatic carbocycles. The molecule has 2 rings (SSSR count). The van der Waals surface area contributed by atoms with Gasteiger partial charge in [-0.05, 0) is 54.8 Å². The van der Waals surface area contributed by atoms with Crippen LogP contribution in [0.3, 0.4) is 0 Å². The summed E-state index contributed by atoms with van der Waals surface area (Å²) in [4.78, 5) is 4.09. The van der Waals surface area contributed by atoms with Crippen molar-refractivity contribution in [1.82, 2.24) is 4.98 Å². The molecule has 0 aliphatic rings. The number of nitrogens with two attached hydrogens (primary N) is 1. The molecule has 1 heterocycles. The molecule has 0 bridgehead atoms. The minimum absolute atomic E-state index is 0.534. The Bertz CT molecular complexity index is 518. The smallest absolute Gasteiger partial charge is 0.123 e. The van der Waals surface area contributed by atoms with E-state index in [2.05, 4.69) is 11.1 Å². The molecule has 0 fully saturated rings. The van der Waals surface area contributed by atoms with Crippen LogP contribution >= 0.6 is 11.6 Å². The van der Waals surface area contributed by atoms with Crippen molar-refractivity contribution in [2.45, 2.75) is 13.8 Å². The predicted molar refractivity (Wildman–Crippen MR) is 68.6 cm³/mol. The molecule has 0 radical (unpaired) electrons. The van der Waals surface area contributed by atoms with Gasteiger partial charge >= 0.3 is 0 Å². The van der Waals surface area contributed by atoms with Gasteiger partial charge in [-0.2, -0.15) is 0 Å². The van der Waals surface area contributed by atoms with Gasteiger partial charge in [0.1, 0.15) is 5.82 Å². The van der Waals surface area contributed by atoms with Gasteiger partial charge in [-0.1, -0.05) is 11.6 Å². The van der Waals surface area contributed by atoms with Gasteiger partial charge in [0, 0.05) is 16.8 Å². The first kappa shape index (κ1) is 11.0. The summed E-state index contributed by atoms with van der Waals surface area (Å²) in [6.07, 6.45) is 1.78. The molecular formula is C13H13ClN2. The van der Waals surface area contributed by atoms with Crippen molar-refractivity contribution in [3.8, 4) is 11.1 Å². The van der Waals surface area contributed by atoms with Crippen LogP contribution in [0.4, 0.5) is 5.82 Å². The van der Waals surface area contributed by atoms with Gasteiger partial charge in [0.05, 0.1) is 0 Å². The van der Waals surface area contributed by atoms with E-state index in [0.29, 0.717) is 5.82 Å². The number of aryl methyl sites for hydroxylation is 2. The van der Waals surface area contributed by atoms with E-state index in [0.717, 1.165) is 27.3 Å². The van der Waals surface area contributed by atoms with Gasteiger partial charge in [-0.3, -0.25) is 0 Å². The van der Waals surface area contributed by atoms with Crippen LogP contribution in [0.2, 0.25) is 5.02 Å². The van der Waals surface area contributed by atoms with Crippen molar-refractivity contribution in [2.75, 3.05) is 5.73 Å². The zero-order valence-corrected chi connectivity index (χ0v) is 10.0. The summed E-state index contributed by atoms with van der Waals surface area (Å²) in [6.45, 7) is 4.03. The molecule has 16 heavy (non-hydrogen) atoms. The van der Waals surface area contributed by atoms with E-state index < -0.39 is 0 Å². The lowest BCUT2D eigenvalue weighted by atomic mass is 10.00. The molecule has 0 amide bonds. The van der Waals surface area contributed by atoms with Crippen LogP contribution < -0.4 is 5.73 Å². The molecule has 2 aromatic rings. The summed E-state index contributed by atoms with van der Waals surface area (Å²) < 4.78 is 0. The number of benzene rings is 1. The third-order valence-corrected chi connectivity index (χ3v) is 3.01. The summed E-state index contributed by atoms with van der Waals surface area (Å²) in [5, 5.41) is 0.796. The Labute approximate surface area is 100 Å². The number of nitrogen functional groups attached to an aromatic ring is 1. The molecule has 0 saturated carbocycles. The van der Waals surface area contributed by atoms with Crippen molar-refractivity contribution < 1.29 is 0 Å². The molecule has 0 saturated heterocycles. The number of aromatic nitrogens is 1. The first-order valence-electron chi connectivity index (χ1n) is 5.06. The Balaban J connectivity index is 2.56. The summed E-state index contributed by atoms with van der Waals surface area (Å²) in [5.41, 5.74) is 9.98. The average molecular weight is 233 g/mol. The van der Waals surface area contributed by atoms with Gasteiger partial charge in [0.25, 0.3) is 0 Å². The van der Waals surface area contributed by atoms with E-state index in [1.165, 1.54) is 0 Å². The SMILES string of the molecule is Cc1cc(-c2ccc(N)nc2)c(C)cc1Cl. The standard InChI is InChI=1S/C13H13ClN2/c1-8-6-12(14)9(2)5-11(8)10-3-4-13(15)16-7-10/h3-7H,1-2H3,(H2,15,16). The molecular weight excluding hydrogens is 220 g/mol. The quantitative estimate of drug-likeness (QED) is 0.816. The minimum Gasteiger partial charge on any atom is -0.384 e. The predicted octanol–water partition coefficient (Wildman–Crippen LogP) is 3.60. The number of rotatable bonds is 1. The second kappa shape index (κ2) is 4.14. The Morgan fingerprint density at radius 3 is 2.50 bits per heavy atom. The van der Waals surface area contributed by atoms with Gasteiger partial charge in [-0.15, -0.1) is 0 Å². The lowest BCUT2D eigenvalue weighted by molar-refractivity contribution is 1.32. The van der Waals surface area contributed by atoms with Crippen LogP contribution in [-0.2, 0) is 0 Å². The monoisotopic (exact) mass is 232 g/mol. The van der Waals surface area contributed by atoms with Crippen LogP contribution in [0.25, 0.3) is 11.1 Å². The largest absolute Gasteiger partial charge is 0.384 e. The summed E-state index contributed by atoms with van der Waals surface area (Å²) in [5.74, 6) is 0.534. The van der Waals surface area contributed by atoms with Crippen LogP contribution in [0.15, 0.2) is 30.5 Å². The van der Waals surface area contributed by atoms with E-state index in [1.807, 2.05) is 26.0 Å². The maximum atomic E-state index is 6.06. The summed E-state index contributed by atoms with van der Waals surface area (Å²) in [7, 11) is 0. The highest BCUT2D eigenvalue weighted by molar-refractivity contribution is 6.31. The summed E-state index contributed by atoms with van der Waals surface area (Å²) >= 11 is 6.06. The van der Waals surface area contributed by atoms with Crippen molar-refractivity contribution >= 4 is 17.4 Å². The topological polar surface area (TPSA) is 38.9 Å². The number of pyridine rings is 1. The Morgan fingerprint density at radius 2 is 1.88 bits per heavy atom. The molecule has 2 nitrogen and oxygen atoms in total. The van der Waals surface area contributed by atoms with Crippen molar-refractivity contribution in [3.63, 3.8) is 0 Å². The number of hydrogen-bond acceptors (Lipinski definition) is 2. The Kier molecular flexibility index (Phi) is 2.84. The molecule has 0 aliphatic carbocycles. The number of hydrogen-bond donors (Lipinski definition) is 1. The van der Waals surface area contributed by atoms with E-state index >= 15 is 0 Å². The number of nitrogens with zero attached hydrogens (tertiary/aromatic N) is 1. The van der Waals surface area contributed by atoms with E-state index in [1.54, 1.807) is 12.3 Å². The first-order chi connectivity index (χ1) is 7.58. The molecule has 1 aromatic heterocycles. The lowest BCUT2D eigenvalue weighted by Crippen LogP contribution is -1.91. The fourth-order valence-electron chi connectivity index (χ4n) is 1.66. The highest BCUT2D eigenvalue weighted by Crippen LogP contribution is 2.28. The van der Waals surface area contributed by atoms with Crippen molar-refractivity contribution in [1.29, 1.82) is 0 Å². The lowest BCUT2D eigenvalue weighted by Gasteiger charge is -2.08. The van der Waals surface area contributed by atoms with E-state index in [-0.39, 0.29) is 0 Å². The van der Waals surface area contributed by atoms with Gasteiger partial charge < -0.3 is 5.73 Å². The molecule has 0 atom stereocenters. The molecule has 3 heteroatoms. The van der Waals surface area contributed by atoms with Gasteiger partial charge in [0.15, 0.2) is 0 Å². The number of halogens is 1. The second-order valence-corrected chi connectivity index (χ2v) is 4.30. The van der Waals surface area contributed by atoms with E-state index in [4.69, 9.17) is 17.3 Å².